The standard InChI is InChI=1S/C13H14FNO5/c14-10-6-5-8(7-9(10)13(19)20)15-11(16)3-1-2-4-12(17)18/h5-7H,1-4H2,(H,15,16)(H,17,18)(H,19,20). The molecule has 6 nitrogen and oxygen atoms in total. The van der Waals surface area contributed by atoms with Crippen molar-refractivity contribution in [2.75, 3.05) is 5.32 Å². The number of hydrogen-bond donors (Lipinski definition) is 3. The van der Waals surface area contributed by atoms with Crippen molar-refractivity contribution < 1.29 is 29.0 Å². The number of amides is 1. The normalized spacial score (nSPS) is 10.1. The van der Waals surface area contributed by atoms with Crippen LogP contribution in [0.4, 0.5) is 10.1 Å². The molecule has 108 valence electrons. The second-order valence-corrected chi connectivity index (χ2v) is 4.15. The monoisotopic (exact) mass is 283 g/mol. The quantitative estimate of drug-likeness (QED) is 0.665. The molecular weight excluding hydrogens is 269 g/mol. The van der Waals surface area contributed by atoms with Crippen LogP contribution in [-0.2, 0) is 9.59 Å². The van der Waals surface area contributed by atoms with E-state index in [0.29, 0.717) is 12.8 Å². The average molecular weight is 283 g/mol. The maximum Gasteiger partial charge on any atom is 0.338 e. The number of carboxylic acid groups (broad SMARTS) is 2. The second-order valence-electron chi connectivity index (χ2n) is 4.15. The van der Waals surface area contributed by atoms with Gasteiger partial charge in [0, 0.05) is 18.5 Å². The minimum absolute atomic E-state index is 0.00695. The fourth-order valence-electron chi connectivity index (χ4n) is 1.55. The number of rotatable bonds is 7. The first-order valence-corrected chi connectivity index (χ1v) is 5.94. The third-order valence-corrected chi connectivity index (χ3v) is 2.53. The molecule has 0 aliphatic carbocycles. The van der Waals surface area contributed by atoms with E-state index in [9.17, 15) is 18.8 Å². The van der Waals surface area contributed by atoms with Gasteiger partial charge in [0.05, 0.1) is 5.56 Å². The van der Waals surface area contributed by atoms with E-state index in [4.69, 9.17) is 10.2 Å². The first kappa shape index (κ1) is 15.6. The van der Waals surface area contributed by atoms with E-state index in [1.807, 2.05) is 0 Å². The zero-order valence-corrected chi connectivity index (χ0v) is 10.6. The van der Waals surface area contributed by atoms with Gasteiger partial charge >= 0.3 is 11.9 Å². The van der Waals surface area contributed by atoms with Gasteiger partial charge in [-0.05, 0) is 31.0 Å². The van der Waals surface area contributed by atoms with Gasteiger partial charge < -0.3 is 15.5 Å². The maximum atomic E-state index is 13.1. The number of anilines is 1. The number of nitrogens with one attached hydrogen (secondary N) is 1. The first-order chi connectivity index (χ1) is 9.40. The van der Waals surface area contributed by atoms with Crippen LogP contribution in [0.25, 0.3) is 0 Å². The van der Waals surface area contributed by atoms with Crippen LogP contribution in [0.15, 0.2) is 18.2 Å². The Bertz CT molecular complexity index is 529. The van der Waals surface area contributed by atoms with Gasteiger partial charge in [-0.25, -0.2) is 9.18 Å². The van der Waals surface area contributed by atoms with Crippen molar-refractivity contribution in [2.45, 2.75) is 25.7 Å². The fraction of sp³-hybridized carbons (Fsp3) is 0.308. The summed E-state index contributed by atoms with van der Waals surface area (Å²) in [7, 11) is 0. The third kappa shape index (κ3) is 5.05. The lowest BCUT2D eigenvalue weighted by molar-refractivity contribution is -0.137. The largest absolute Gasteiger partial charge is 0.481 e. The summed E-state index contributed by atoms with van der Waals surface area (Å²) in [5.41, 5.74) is -0.333. The number of carbonyl (C=O) groups excluding carboxylic acids is 1. The maximum absolute atomic E-state index is 13.1. The molecule has 0 saturated carbocycles. The topological polar surface area (TPSA) is 104 Å². The van der Waals surface area contributed by atoms with Crippen LogP contribution in [0.1, 0.15) is 36.0 Å². The zero-order chi connectivity index (χ0) is 15.1. The molecule has 0 bridgehead atoms. The number of halogens is 1. The van der Waals surface area contributed by atoms with Crippen LogP contribution >= 0.6 is 0 Å². The first-order valence-electron chi connectivity index (χ1n) is 5.94. The number of aliphatic carboxylic acids is 1. The highest BCUT2D eigenvalue weighted by molar-refractivity contribution is 5.94. The van der Waals surface area contributed by atoms with Gasteiger partial charge in [-0.15, -0.1) is 0 Å². The number of benzene rings is 1. The number of aromatic carboxylic acids is 1. The molecule has 0 atom stereocenters. The van der Waals surface area contributed by atoms with Gasteiger partial charge in [-0.2, -0.15) is 0 Å². The van der Waals surface area contributed by atoms with Crippen molar-refractivity contribution in [1.29, 1.82) is 0 Å². The van der Waals surface area contributed by atoms with Gasteiger partial charge in [0.2, 0.25) is 5.91 Å². The molecule has 0 fully saturated rings. The van der Waals surface area contributed by atoms with E-state index in [0.717, 1.165) is 12.1 Å². The SMILES string of the molecule is O=C(O)CCCCC(=O)Nc1ccc(F)c(C(=O)O)c1. The van der Waals surface area contributed by atoms with Crippen molar-refractivity contribution in [2.24, 2.45) is 0 Å². The van der Waals surface area contributed by atoms with E-state index in [2.05, 4.69) is 5.32 Å². The molecule has 1 aromatic carbocycles. The molecule has 0 unspecified atom stereocenters. The lowest BCUT2D eigenvalue weighted by Gasteiger charge is -2.06. The second kappa shape index (κ2) is 7.22. The Morgan fingerprint density at radius 1 is 1.10 bits per heavy atom. The minimum Gasteiger partial charge on any atom is -0.481 e. The number of carbonyl (C=O) groups is 3. The summed E-state index contributed by atoms with van der Waals surface area (Å²) >= 11 is 0. The Hall–Kier alpha value is -2.44. The fourth-order valence-corrected chi connectivity index (χ4v) is 1.55. The van der Waals surface area contributed by atoms with E-state index >= 15 is 0 Å². The Morgan fingerprint density at radius 2 is 1.75 bits per heavy atom. The minimum atomic E-state index is -1.42. The molecular formula is C13H14FNO5. The van der Waals surface area contributed by atoms with Crippen LogP contribution in [0.3, 0.4) is 0 Å². The summed E-state index contributed by atoms with van der Waals surface area (Å²) in [6.07, 6.45) is 0.901. The van der Waals surface area contributed by atoms with Crippen molar-refractivity contribution in [3.05, 3.63) is 29.6 Å². The lowest BCUT2D eigenvalue weighted by Crippen LogP contribution is -2.12. The molecule has 0 spiro atoms. The van der Waals surface area contributed by atoms with Gasteiger partial charge in [0.15, 0.2) is 0 Å². The summed E-state index contributed by atoms with van der Waals surface area (Å²) in [6.45, 7) is 0. The molecule has 1 rings (SSSR count). The highest BCUT2D eigenvalue weighted by Crippen LogP contribution is 2.15. The van der Waals surface area contributed by atoms with Gasteiger partial charge in [-0.1, -0.05) is 0 Å². The number of carboxylic acids is 2. The average Bonchev–Trinajstić information content (AvgIpc) is 2.36. The summed E-state index contributed by atoms with van der Waals surface area (Å²) in [5.74, 6) is -3.59. The van der Waals surface area contributed by atoms with Gasteiger partial charge in [-0.3, -0.25) is 9.59 Å². The van der Waals surface area contributed by atoms with E-state index < -0.39 is 23.3 Å². The van der Waals surface area contributed by atoms with E-state index in [1.165, 1.54) is 6.07 Å². The Labute approximate surface area is 114 Å². The highest BCUT2D eigenvalue weighted by Gasteiger charge is 2.12. The summed E-state index contributed by atoms with van der Waals surface area (Å²) < 4.78 is 13.1. The van der Waals surface area contributed by atoms with Crippen molar-refractivity contribution in [3.8, 4) is 0 Å². The van der Waals surface area contributed by atoms with Crippen LogP contribution in [0.5, 0.6) is 0 Å². The van der Waals surface area contributed by atoms with Crippen molar-refractivity contribution in [1.82, 2.24) is 0 Å². The van der Waals surface area contributed by atoms with Crippen LogP contribution < -0.4 is 5.32 Å². The summed E-state index contributed by atoms with van der Waals surface area (Å²) in [5, 5.41) is 19.6. The molecule has 0 aliphatic rings. The number of hydrogen-bond acceptors (Lipinski definition) is 3. The summed E-state index contributed by atoms with van der Waals surface area (Å²) in [4.78, 5) is 32.5. The van der Waals surface area contributed by atoms with Gasteiger partial charge in [0.25, 0.3) is 0 Å². The molecule has 0 aliphatic heterocycles. The van der Waals surface area contributed by atoms with Crippen LogP contribution in [0.2, 0.25) is 0 Å². The van der Waals surface area contributed by atoms with Crippen molar-refractivity contribution in [3.63, 3.8) is 0 Å². The molecule has 0 radical (unpaired) electrons. The summed E-state index contributed by atoms with van der Waals surface area (Å²) in [6, 6.07) is 3.26. The number of unbranched alkanes of at least 4 members (excludes halogenated alkanes) is 1. The third-order valence-electron chi connectivity index (χ3n) is 2.53. The highest BCUT2D eigenvalue weighted by atomic mass is 19.1. The molecule has 1 amide bonds. The molecule has 3 N–H and O–H groups in total. The zero-order valence-electron chi connectivity index (χ0n) is 10.6. The Kier molecular flexibility index (Phi) is 5.64. The van der Waals surface area contributed by atoms with Crippen LogP contribution in [-0.4, -0.2) is 28.1 Å². The predicted molar refractivity (Wildman–Crippen MR) is 68.1 cm³/mol. The molecule has 0 heterocycles. The lowest BCUT2D eigenvalue weighted by atomic mass is 10.1. The predicted octanol–water partition coefficient (Wildman–Crippen LogP) is 2.11. The molecule has 0 aromatic heterocycles. The molecule has 1 aromatic rings. The Balaban J connectivity index is 2.52. The van der Waals surface area contributed by atoms with Crippen LogP contribution in [0, 0.1) is 5.82 Å². The molecule has 20 heavy (non-hydrogen) atoms. The molecule has 7 heteroatoms. The Morgan fingerprint density at radius 3 is 2.35 bits per heavy atom. The molecule has 0 saturated heterocycles. The van der Waals surface area contributed by atoms with Crippen molar-refractivity contribution >= 4 is 23.5 Å². The van der Waals surface area contributed by atoms with Gasteiger partial charge in [0.1, 0.15) is 5.82 Å². The smallest absolute Gasteiger partial charge is 0.338 e. The van der Waals surface area contributed by atoms with E-state index in [1.54, 1.807) is 0 Å². The van der Waals surface area contributed by atoms with E-state index in [-0.39, 0.29) is 24.4 Å².